The lowest BCUT2D eigenvalue weighted by atomic mass is 9.85. The Morgan fingerprint density at radius 3 is 2.94 bits per heavy atom. The zero-order valence-corrected chi connectivity index (χ0v) is 10.2. The number of aromatic nitrogens is 2. The SMILES string of the molecule is Cn1cc(C(=O)NC2COCC2(C)C(=O)O)cn1. The van der Waals surface area contributed by atoms with Gasteiger partial charge < -0.3 is 15.2 Å². The molecule has 7 nitrogen and oxygen atoms in total. The van der Waals surface area contributed by atoms with Crippen LogP contribution in [0.4, 0.5) is 0 Å². The molecule has 2 atom stereocenters. The van der Waals surface area contributed by atoms with Crippen molar-refractivity contribution in [2.24, 2.45) is 12.5 Å². The van der Waals surface area contributed by atoms with Crippen molar-refractivity contribution in [3.05, 3.63) is 18.0 Å². The summed E-state index contributed by atoms with van der Waals surface area (Å²) in [4.78, 5) is 23.1. The van der Waals surface area contributed by atoms with Crippen molar-refractivity contribution >= 4 is 11.9 Å². The van der Waals surface area contributed by atoms with Crippen LogP contribution in [0.3, 0.4) is 0 Å². The molecule has 1 aromatic rings. The molecule has 2 rings (SSSR count). The summed E-state index contributed by atoms with van der Waals surface area (Å²) in [5.74, 6) is -1.32. The third kappa shape index (κ3) is 2.08. The highest BCUT2D eigenvalue weighted by Gasteiger charge is 2.47. The second kappa shape index (κ2) is 4.41. The van der Waals surface area contributed by atoms with Crippen LogP contribution in [0.15, 0.2) is 12.4 Å². The fraction of sp³-hybridized carbons (Fsp3) is 0.545. The van der Waals surface area contributed by atoms with Crippen LogP contribution in [-0.4, -0.2) is 46.0 Å². The van der Waals surface area contributed by atoms with Crippen LogP contribution in [-0.2, 0) is 16.6 Å². The molecule has 0 radical (unpaired) electrons. The van der Waals surface area contributed by atoms with E-state index in [-0.39, 0.29) is 19.1 Å². The molecule has 7 heteroatoms. The summed E-state index contributed by atoms with van der Waals surface area (Å²) >= 11 is 0. The number of carboxylic acid groups (broad SMARTS) is 1. The standard InChI is InChI=1S/C11H15N3O4/c1-11(10(16)17)6-18-5-8(11)13-9(15)7-3-12-14(2)4-7/h3-4,8H,5-6H2,1-2H3,(H,13,15)(H,16,17). The molecule has 1 amide bonds. The maximum Gasteiger partial charge on any atom is 0.313 e. The van der Waals surface area contributed by atoms with Gasteiger partial charge in [-0.1, -0.05) is 0 Å². The molecule has 1 saturated heterocycles. The average molecular weight is 253 g/mol. The largest absolute Gasteiger partial charge is 0.481 e. The molecule has 0 saturated carbocycles. The average Bonchev–Trinajstić information content (AvgIpc) is 2.87. The molecule has 0 bridgehead atoms. The lowest BCUT2D eigenvalue weighted by molar-refractivity contribution is -0.148. The number of carbonyl (C=O) groups is 2. The van der Waals surface area contributed by atoms with Crippen LogP contribution in [0.25, 0.3) is 0 Å². The smallest absolute Gasteiger partial charge is 0.313 e. The molecule has 0 aromatic carbocycles. The fourth-order valence-corrected chi connectivity index (χ4v) is 1.87. The van der Waals surface area contributed by atoms with Gasteiger partial charge in [0.05, 0.1) is 31.0 Å². The summed E-state index contributed by atoms with van der Waals surface area (Å²) in [6, 6.07) is -0.539. The number of ether oxygens (including phenoxy) is 1. The highest BCUT2D eigenvalue weighted by Crippen LogP contribution is 2.28. The van der Waals surface area contributed by atoms with E-state index in [0.717, 1.165) is 0 Å². The Kier molecular flexibility index (Phi) is 3.08. The highest BCUT2D eigenvalue weighted by molar-refractivity contribution is 5.94. The number of hydrogen-bond acceptors (Lipinski definition) is 4. The quantitative estimate of drug-likeness (QED) is 0.767. The number of aryl methyl sites for hydroxylation is 1. The van der Waals surface area contributed by atoms with E-state index in [0.29, 0.717) is 5.56 Å². The summed E-state index contributed by atoms with van der Waals surface area (Å²) < 4.78 is 6.67. The Morgan fingerprint density at radius 1 is 1.67 bits per heavy atom. The molecule has 1 fully saturated rings. The van der Waals surface area contributed by atoms with Crippen molar-refractivity contribution in [3.63, 3.8) is 0 Å². The third-order valence-electron chi connectivity index (χ3n) is 3.22. The predicted octanol–water partition coefficient (Wildman–Crippen LogP) is -0.360. The van der Waals surface area contributed by atoms with Gasteiger partial charge in [0.15, 0.2) is 0 Å². The van der Waals surface area contributed by atoms with Crippen LogP contribution >= 0.6 is 0 Å². The Balaban J connectivity index is 2.10. The number of aliphatic carboxylic acids is 1. The lowest BCUT2D eigenvalue weighted by Crippen LogP contribution is -2.49. The van der Waals surface area contributed by atoms with Crippen molar-refractivity contribution in [1.29, 1.82) is 0 Å². The van der Waals surface area contributed by atoms with Gasteiger partial charge in [0, 0.05) is 13.2 Å². The number of carboxylic acids is 1. The molecular formula is C11H15N3O4. The second-order valence-electron chi connectivity index (χ2n) is 4.67. The monoisotopic (exact) mass is 253 g/mol. The van der Waals surface area contributed by atoms with Gasteiger partial charge in [0.25, 0.3) is 5.91 Å². The van der Waals surface area contributed by atoms with E-state index in [1.165, 1.54) is 10.9 Å². The van der Waals surface area contributed by atoms with Crippen LogP contribution in [0.2, 0.25) is 0 Å². The third-order valence-corrected chi connectivity index (χ3v) is 3.22. The molecule has 2 N–H and O–H groups in total. The molecule has 1 aliphatic heterocycles. The van der Waals surface area contributed by atoms with Crippen LogP contribution in [0.5, 0.6) is 0 Å². The molecular weight excluding hydrogens is 238 g/mol. The number of carbonyl (C=O) groups excluding carboxylic acids is 1. The van der Waals surface area contributed by atoms with E-state index in [9.17, 15) is 14.7 Å². The Bertz CT molecular complexity index is 484. The molecule has 1 aromatic heterocycles. The Labute approximate surface area is 104 Å². The number of nitrogens with zero attached hydrogens (tertiary/aromatic N) is 2. The minimum Gasteiger partial charge on any atom is -0.481 e. The highest BCUT2D eigenvalue weighted by atomic mass is 16.5. The molecule has 2 unspecified atom stereocenters. The summed E-state index contributed by atoms with van der Waals surface area (Å²) in [5.41, 5.74) is -0.685. The van der Waals surface area contributed by atoms with Gasteiger partial charge in [-0.2, -0.15) is 5.10 Å². The topological polar surface area (TPSA) is 93.5 Å². The maximum absolute atomic E-state index is 11.9. The van der Waals surface area contributed by atoms with Crippen molar-refractivity contribution in [2.75, 3.05) is 13.2 Å². The van der Waals surface area contributed by atoms with Crippen molar-refractivity contribution in [3.8, 4) is 0 Å². The number of amides is 1. The maximum atomic E-state index is 11.9. The van der Waals surface area contributed by atoms with Crippen molar-refractivity contribution in [1.82, 2.24) is 15.1 Å². The van der Waals surface area contributed by atoms with E-state index in [4.69, 9.17) is 4.74 Å². The Hall–Kier alpha value is -1.89. The second-order valence-corrected chi connectivity index (χ2v) is 4.67. The summed E-state index contributed by atoms with van der Waals surface area (Å²) in [7, 11) is 1.71. The first-order valence-electron chi connectivity index (χ1n) is 5.54. The summed E-state index contributed by atoms with van der Waals surface area (Å²) in [6.45, 7) is 1.87. The minimum atomic E-state index is -1.09. The van der Waals surface area contributed by atoms with Gasteiger partial charge in [-0.25, -0.2) is 0 Å². The summed E-state index contributed by atoms with van der Waals surface area (Å²) in [6.07, 6.45) is 3.01. The van der Waals surface area contributed by atoms with E-state index < -0.39 is 17.4 Å². The van der Waals surface area contributed by atoms with Crippen molar-refractivity contribution in [2.45, 2.75) is 13.0 Å². The van der Waals surface area contributed by atoms with Gasteiger partial charge in [-0.15, -0.1) is 0 Å². The van der Waals surface area contributed by atoms with Crippen molar-refractivity contribution < 1.29 is 19.4 Å². The van der Waals surface area contributed by atoms with E-state index in [1.807, 2.05) is 0 Å². The van der Waals surface area contributed by atoms with Gasteiger partial charge in [-0.05, 0) is 6.92 Å². The van der Waals surface area contributed by atoms with Gasteiger partial charge in [0.2, 0.25) is 0 Å². The molecule has 1 aliphatic rings. The molecule has 98 valence electrons. The van der Waals surface area contributed by atoms with E-state index >= 15 is 0 Å². The molecule has 2 heterocycles. The van der Waals surface area contributed by atoms with E-state index in [2.05, 4.69) is 10.4 Å². The first-order valence-corrected chi connectivity index (χ1v) is 5.54. The lowest BCUT2D eigenvalue weighted by Gasteiger charge is -2.25. The fourth-order valence-electron chi connectivity index (χ4n) is 1.87. The minimum absolute atomic E-state index is 0.0975. The zero-order chi connectivity index (χ0) is 13.3. The first kappa shape index (κ1) is 12.6. The van der Waals surface area contributed by atoms with Gasteiger partial charge in [0.1, 0.15) is 5.41 Å². The van der Waals surface area contributed by atoms with Crippen LogP contribution in [0, 0.1) is 5.41 Å². The number of nitrogens with one attached hydrogen (secondary N) is 1. The zero-order valence-electron chi connectivity index (χ0n) is 10.2. The van der Waals surface area contributed by atoms with E-state index in [1.54, 1.807) is 20.2 Å². The van der Waals surface area contributed by atoms with Gasteiger partial charge in [-0.3, -0.25) is 14.3 Å². The first-order chi connectivity index (χ1) is 8.43. The van der Waals surface area contributed by atoms with Crippen LogP contribution < -0.4 is 5.32 Å². The van der Waals surface area contributed by atoms with Crippen LogP contribution in [0.1, 0.15) is 17.3 Å². The number of hydrogen-bond donors (Lipinski definition) is 2. The molecule has 0 spiro atoms. The molecule has 0 aliphatic carbocycles. The normalized spacial score (nSPS) is 27.1. The Morgan fingerprint density at radius 2 is 2.39 bits per heavy atom. The summed E-state index contributed by atoms with van der Waals surface area (Å²) in [5, 5.41) is 15.8. The number of rotatable bonds is 3. The predicted molar refractivity (Wildman–Crippen MR) is 61.0 cm³/mol. The van der Waals surface area contributed by atoms with Gasteiger partial charge >= 0.3 is 5.97 Å². The molecule has 18 heavy (non-hydrogen) atoms.